The SMILES string of the molecule is CC(=O)N[C@H]1[C@H](OC[C@H]2OC(O)[C@H](O)[C@@H](O)[C@H]2O)O[C@H](CO)[C@@H](O[C@@H]2O[C@H](CO)[C@H](O)[C@H](O[C@@H]3O[C@H](CO)[C@@H](O)[C@H](O)[C@H]3NC(C)=O)[C@H]2O)[C@@H]1O. The molecule has 0 saturated carbocycles. The van der Waals surface area contributed by atoms with E-state index in [4.69, 9.17) is 33.2 Å². The molecule has 0 spiro atoms. The average molecular weight is 749 g/mol. The summed E-state index contributed by atoms with van der Waals surface area (Å²) < 4.78 is 39.1. The van der Waals surface area contributed by atoms with Crippen LogP contribution in [-0.4, -0.2) is 222 Å². The van der Waals surface area contributed by atoms with Gasteiger partial charge in [0.2, 0.25) is 11.8 Å². The van der Waals surface area contributed by atoms with Crippen LogP contribution < -0.4 is 10.6 Å². The Kier molecular flexibility index (Phi) is 14.8. The molecule has 0 bridgehead atoms. The van der Waals surface area contributed by atoms with Crippen LogP contribution >= 0.6 is 0 Å². The van der Waals surface area contributed by atoms with E-state index in [1.807, 2.05) is 0 Å². The number of aliphatic hydroxyl groups excluding tert-OH is 12. The summed E-state index contributed by atoms with van der Waals surface area (Å²) in [6, 6.07) is -2.99. The van der Waals surface area contributed by atoms with E-state index in [0.717, 1.165) is 13.8 Å². The Morgan fingerprint density at radius 1 is 0.510 bits per heavy atom. The molecule has 4 heterocycles. The third-order valence-electron chi connectivity index (χ3n) is 8.99. The minimum atomic E-state index is -2.01. The van der Waals surface area contributed by atoms with Gasteiger partial charge in [0, 0.05) is 13.8 Å². The monoisotopic (exact) mass is 748 g/mol. The molecule has 4 fully saturated rings. The summed E-state index contributed by atoms with van der Waals surface area (Å²) in [5, 5.41) is 129. The molecule has 4 rings (SSSR count). The van der Waals surface area contributed by atoms with Gasteiger partial charge in [-0.15, -0.1) is 0 Å². The van der Waals surface area contributed by atoms with E-state index < -0.39 is 161 Å². The lowest BCUT2D eigenvalue weighted by atomic mass is 9.94. The predicted molar refractivity (Wildman–Crippen MR) is 157 cm³/mol. The summed E-state index contributed by atoms with van der Waals surface area (Å²) in [5.41, 5.74) is 0. The first kappa shape index (κ1) is 41.9. The van der Waals surface area contributed by atoms with E-state index in [-0.39, 0.29) is 0 Å². The molecule has 4 aliphatic heterocycles. The average Bonchev–Trinajstić information content (AvgIpc) is 3.08. The van der Waals surface area contributed by atoms with Crippen LogP contribution in [0.25, 0.3) is 0 Å². The van der Waals surface area contributed by atoms with Gasteiger partial charge in [-0.3, -0.25) is 9.59 Å². The standard InChI is InChI=1S/C28H48N2O21/c1-7(34)29-13-18(39)15(36)9(3-31)47-27(13)51-24-17(38)10(4-32)48-28(22(24)43)50-23-11(5-33)49-26(14(19(23)40)30-8(2)35)45-6-12-16(37)20(41)21(42)25(44)46-12/h9-28,31-33,36-44H,3-6H2,1-2H3,(H,29,34)(H,30,35)/t9-,10-,11-,12-,13-,14-,15-,16+,17+,18-,19-,20+,21-,22-,23-,24+,25?,26-,27+,28+/m1/s1. The van der Waals surface area contributed by atoms with Crippen molar-refractivity contribution in [2.24, 2.45) is 0 Å². The van der Waals surface area contributed by atoms with E-state index >= 15 is 0 Å². The number of carbonyl (C=O) groups is 2. The molecule has 1 unspecified atom stereocenters. The third-order valence-corrected chi connectivity index (χ3v) is 8.99. The largest absolute Gasteiger partial charge is 0.394 e. The second-order valence-electron chi connectivity index (χ2n) is 12.7. The van der Waals surface area contributed by atoms with Gasteiger partial charge >= 0.3 is 0 Å². The van der Waals surface area contributed by atoms with Crippen LogP contribution in [0.3, 0.4) is 0 Å². The number of hydrogen-bond acceptors (Lipinski definition) is 21. The summed E-state index contributed by atoms with van der Waals surface area (Å²) in [4.78, 5) is 24.0. The van der Waals surface area contributed by atoms with Crippen LogP contribution in [0.1, 0.15) is 13.8 Å². The van der Waals surface area contributed by atoms with E-state index in [1.165, 1.54) is 0 Å². The second-order valence-corrected chi connectivity index (χ2v) is 12.7. The van der Waals surface area contributed by atoms with Gasteiger partial charge in [-0.25, -0.2) is 0 Å². The van der Waals surface area contributed by atoms with Crippen molar-refractivity contribution in [3.8, 4) is 0 Å². The van der Waals surface area contributed by atoms with Crippen LogP contribution in [0.2, 0.25) is 0 Å². The van der Waals surface area contributed by atoms with Crippen LogP contribution in [-0.2, 0) is 42.7 Å². The Morgan fingerprint density at radius 2 is 1.00 bits per heavy atom. The normalized spacial score (nSPS) is 47.8. The van der Waals surface area contributed by atoms with Crippen molar-refractivity contribution in [1.29, 1.82) is 0 Å². The maximum Gasteiger partial charge on any atom is 0.217 e. The highest BCUT2D eigenvalue weighted by molar-refractivity contribution is 5.73. The zero-order chi connectivity index (χ0) is 37.9. The zero-order valence-corrected chi connectivity index (χ0v) is 27.4. The molecule has 14 N–H and O–H groups in total. The summed E-state index contributed by atoms with van der Waals surface area (Å²) in [5.74, 6) is -1.40. The van der Waals surface area contributed by atoms with Crippen molar-refractivity contribution >= 4 is 11.8 Å². The second kappa shape index (κ2) is 18.0. The van der Waals surface area contributed by atoms with E-state index in [1.54, 1.807) is 0 Å². The minimum absolute atomic E-state index is 0.635. The number of rotatable bonds is 12. The minimum Gasteiger partial charge on any atom is -0.394 e. The van der Waals surface area contributed by atoms with Crippen molar-refractivity contribution in [3.63, 3.8) is 0 Å². The Bertz CT molecular complexity index is 1140. The van der Waals surface area contributed by atoms with Crippen LogP contribution in [0.5, 0.6) is 0 Å². The molecular formula is C28H48N2O21. The van der Waals surface area contributed by atoms with Crippen molar-refractivity contribution in [2.75, 3.05) is 26.4 Å². The molecule has 20 atom stereocenters. The number of aliphatic hydroxyl groups is 12. The maximum absolute atomic E-state index is 12.1. The van der Waals surface area contributed by atoms with Gasteiger partial charge in [0.05, 0.1) is 26.4 Å². The lowest BCUT2D eigenvalue weighted by molar-refractivity contribution is -0.370. The molecule has 0 aromatic carbocycles. The maximum atomic E-state index is 12.1. The molecule has 23 heteroatoms. The van der Waals surface area contributed by atoms with Gasteiger partial charge in [0.25, 0.3) is 0 Å². The number of nitrogens with one attached hydrogen (secondary N) is 2. The van der Waals surface area contributed by atoms with Gasteiger partial charge in [-0.05, 0) is 0 Å². The highest BCUT2D eigenvalue weighted by Gasteiger charge is 2.55. The third kappa shape index (κ3) is 9.29. The molecule has 2 amide bonds. The van der Waals surface area contributed by atoms with Crippen molar-refractivity contribution < 1.29 is 104 Å². The predicted octanol–water partition coefficient (Wildman–Crippen LogP) is -9.46. The van der Waals surface area contributed by atoms with Crippen LogP contribution in [0.4, 0.5) is 0 Å². The quantitative estimate of drug-likeness (QED) is 0.0881. The Labute approximate surface area is 289 Å². The Hall–Kier alpha value is -1.82. The summed E-state index contributed by atoms with van der Waals surface area (Å²) in [7, 11) is 0. The van der Waals surface area contributed by atoms with Gasteiger partial charge in [-0.1, -0.05) is 0 Å². The Morgan fingerprint density at radius 3 is 1.57 bits per heavy atom. The lowest BCUT2D eigenvalue weighted by Crippen LogP contribution is -2.69. The molecular weight excluding hydrogens is 700 g/mol. The summed E-state index contributed by atoms with van der Waals surface area (Å²) in [6.07, 6.45) is -31.0. The van der Waals surface area contributed by atoms with Gasteiger partial charge in [0.1, 0.15) is 97.5 Å². The molecule has 23 nitrogen and oxygen atoms in total. The number of amides is 2. The molecule has 0 aromatic rings. The highest BCUT2D eigenvalue weighted by Crippen LogP contribution is 2.33. The van der Waals surface area contributed by atoms with Crippen LogP contribution in [0, 0.1) is 0 Å². The Balaban J connectivity index is 1.53. The summed E-state index contributed by atoms with van der Waals surface area (Å²) >= 11 is 0. The van der Waals surface area contributed by atoms with Crippen molar-refractivity contribution in [2.45, 2.75) is 137 Å². The van der Waals surface area contributed by atoms with E-state index in [2.05, 4.69) is 10.6 Å². The first-order valence-electron chi connectivity index (χ1n) is 16.1. The fraction of sp³-hybridized carbons (Fsp3) is 0.929. The van der Waals surface area contributed by atoms with E-state index in [0.29, 0.717) is 0 Å². The zero-order valence-electron chi connectivity index (χ0n) is 27.4. The fourth-order valence-electron chi connectivity index (χ4n) is 6.25. The van der Waals surface area contributed by atoms with Gasteiger partial charge < -0.3 is 105 Å². The molecule has 296 valence electrons. The van der Waals surface area contributed by atoms with Gasteiger partial charge in [0.15, 0.2) is 25.2 Å². The van der Waals surface area contributed by atoms with Crippen molar-refractivity contribution in [3.05, 3.63) is 0 Å². The molecule has 0 aromatic heterocycles. The van der Waals surface area contributed by atoms with Crippen molar-refractivity contribution in [1.82, 2.24) is 10.6 Å². The molecule has 0 aliphatic carbocycles. The molecule has 4 saturated heterocycles. The molecule has 51 heavy (non-hydrogen) atoms. The molecule has 0 radical (unpaired) electrons. The fourth-order valence-corrected chi connectivity index (χ4v) is 6.25. The number of ether oxygens (including phenoxy) is 7. The number of hydrogen-bond donors (Lipinski definition) is 14. The smallest absolute Gasteiger partial charge is 0.217 e. The highest BCUT2D eigenvalue weighted by atomic mass is 16.8. The van der Waals surface area contributed by atoms with Crippen LogP contribution in [0.15, 0.2) is 0 Å². The number of carbonyl (C=O) groups excluding carboxylic acids is 2. The molecule has 4 aliphatic rings. The van der Waals surface area contributed by atoms with Gasteiger partial charge in [-0.2, -0.15) is 0 Å². The first-order chi connectivity index (χ1) is 24.0. The lowest BCUT2D eigenvalue weighted by Gasteiger charge is -2.49. The topological polar surface area (TPSA) is 366 Å². The summed E-state index contributed by atoms with van der Waals surface area (Å²) in [6.45, 7) is -1.04. The van der Waals surface area contributed by atoms with E-state index in [9.17, 15) is 70.9 Å². The first-order valence-corrected chi connectivity index (χ1v) is 16.1.